The van der Waals surface area contributed by atoms with Crippen molar-refractivity contribution in [3.63, 3.8) is 0 Å². The van der Waals surface area contributed by atoms with Crippen LogP contribution in [0.5, 0.6) is 0 Å². The predicted molar refractivity (Wildman–Crippen MR) is 107 cm³/mol. The number of hydrogen-bond donors (Lipinski definition) is 1. The van der Waals surface area contributed by atoms with Gasteiger partial charge in [0, 0.05) is 50.4 Å². The van der Waals surface area contributed by atoms with E-state index in [-0.39, 0.29) is 17.2 Å². The summed E-state index contributed by atoms with van der Waals surface area (Å²) in [5.74, 6) is -0.404. The standard InChI is InChI=1S/C20H22N4O4/c1-14-4-3-5-17(12-14)21-20(26)16-6-7-18(19(13-16)24(27)28)23-10-8-22(9-11-23)15(2)25/h3-7,12-13H,8-11H2,1-2H3,(H,21,26). The van der Waals surface area contributed by atoms with Crippen LogP contribution in [0.3, 0.4) is 0 Å². The normalized spacial score (nSPS) is 13.9. The Hall–Kier alpha value is -3.42. The average molecular weight is 382 g/mol. The monoisotopic (exact) mass is 382 g/mol. The number of rotatable bonds is 4. The Labute approximate surface area is 162 Å². The summed E-state index contributed by atoms with van der Waals surface area (Å²) in [5.41, 5.74) is 2.20. The molecule has 8 nitrogen and oxygen atoms in total. The van der Waals surface area contributed by atoms with E-state index < -0.39 is 10.8 Å². The van der Waals surface area contributed by atoms with Crippen molar-refractivity contribution in [2.24, 2.45) is 0 Å². The minimum Gasteiger partial charge on any atom is -0.362 e. The summed E-state index contributed by atoms with van der Waals surface area (Å²) >= 11 is 0. The predicted octanol–water partition coefficient (Wildman–Crippen LogP) is 2.82. The van der Waals surface area contributed by atoms with Gasteiger partial charge in [0.05, 0.1) is 4.92 Å². The number of piperazine rings is 1. The molecule has 2 aromatic rings. The van der Waals surface area contributed by atoms with Gasteiger partial charge >= 0.3 is 0 Å². The molecule has 0 spiro atoms. The van der Waals surface area contributed by atoms with Gasteiger partial charge in [0.2, 0.25) is 5.91 Å². The molecular formula is C20H22N4O4. The number of nitrogens with zero attached hydrogens (tertiary/aromatic N) is 3. The molecule has 0 unspecified atom stereocenters. The lowest BCUT2D eigenvalue weighted by atomic mass is 10.1. The molecule has 3 rings (SSSR count). The van der Waals surface area contributed by atoms with Gasteiger partial charge in [-0.2, -0.15) is 0 Å². The van der Waals surface area contributed by atoms with Crippen LogP contribution in [0.25, 0.3) is 0 Å². The molecule has 2 amide bonds. The zero-order valence-corrected chi connectivity index (χ0v) is 15.8. The van der Waals surface area contributed by atoms with Crippen LogP contribution in [0.1, 0.15) is 22.8 Å². The number of amides is 2. The minimum atomic E-state index is -0.476. The fraction of sp³-hybridized carbons (Fsp3) is 0.300. The third-order valence-electron chi connectivity index (χ3n) is 4.78. The molecule has 0 aliphatic carbocycles. The Bertz CT molecular complexity index is 920. The largest absolute Gasteiger partial charge is 0.362 e. The highest BCUT2D eigenvalue weighted by Crippen LogP contribution is 2.30. The lowest BCUT2D eigenvalue weighted by molar-refractivity contribution is -0.384. The van der Waals surface area contributed by atoms with E-state index in [9.17, 15) is 19.7 Å². The smallest absolute Gasteiger partial charge is 0.293 e. The number of aryl methyl sites for hydroxylation is 1. The molecule has 0 radical (unpaired) electrons. The van der Waals surface area contributed by atoms with E-state index in [4.69, 9.17) is 0 Å². The number of hydrogen-bond acceptors (Lipinski definition) is 5. The van der Waals surface area contributed by atoms with E-state index in [1.165, 1.54) is 13.0 Å². The Morgan fingerprint density at radius 1 is 1.07 bits per heavy atom. The summed E-state index contributed by atoms with van der Waals surface area (Å²) < 4.78 is 0. The first kappa shape index (κ1) is 19.3. The van der Waals surface area contributed by atoms with Crippen molar-refractivity contribution in [1.29, 1.82) is 0 Å². The van der Waals surface area contributed by atoms with Crippen LogP contribution < -0.4 is 10.2 Å². The quantitative estimate of drug-likeness (QED) is 0.648. The van der Waals surface area contributed by atoms with Gasteiger partial charge in [0.25, 0.3) is 11.6 Å². The summed E-state index contributed by atoms with van der Waals surface area (Å²) in [6, 6.07) is 11.8. The molecule has 0 aromatic heterocycles. The molecule has 1 N–H and O–H groups in total. The summed E-state index contributed by atoms with van der Waals surface area (Å²) in [6.45, 7) is 5.48. The molecule has 8 heteroatoms. The van der Waals surface area contributed by atoms with Crippen LogP contribution in [0.15, 0.2) is 42.5 Å². The maximum absolute atomic E-state index is 12.5. The van der Waals surface area contributed by atoms with Crippen molar-refractivity contribution >= 4 is 28.9 Å². The van der Waals surface area contributed by atoms with E-state index in [0.717, 1.165) is 5.56 Å². The van der Waals surface area contributed by atoms with Gasteiger partial charge in [-0.25, -0.2) is 0 Å². The van der Waals surface area contributed by atoms with Crippen LogP contribution in [-0.2, 0) is 4.79 Å². The van der Waals surface area contributed by atoms with Gasteiger partial charge in [-0.15, -0.1) is 0 Å². The number of anilines is 2. The van der Waals surface area contributed by atoms with Gasteiger partial charge in [0.1, 0.15) is 5.69 Å². The van der Waals surface area contributed by atoms with Crippen LogP contribution in [0, 0.1) is 17.0 Å². The molecule has 0 saturated carbocycles. The molecule has 1 saturated heterocycles. The molecule has 0 bridgehead atoms. The second-order valence-electron chi connectivity index (χ2n) is 6.78. The zero-order chi connectivity index (χ0) is 20.3. The zero-order valence-electron chi connectivity index (χ0n) is 15.8. The molecular weight excluding hydrogens is 360 g/mol. The molecule has 1 fully saturated rings. The van der Waals surface area contributed by atoms with E-state index in [1.807, 2.05) is 30.0 Å². The summed E-state index contributed by atoms with van der Waals surface area (Å²) in [6.07, 6.45) is 0. The van der Waals surface area contributed by atoms with Crippen LogP contribution >= 0.6 is 0 Å². The number of nitrogens with one attached hydrogen (secondary N) is 1. The molecule has 1 aliphatic rings. The molecule has 1 aliphatic heterocycles. The highest BCUT2D eigenvalue weighted by Gasteiger charge is 2.25. The van der Waals surface area contributed by atoms with Gasteiger partial charge in [0.15, 0.2) is 0 Å². The number of nitro benzene ring substituents is 1. The molecule has 28 heavy (non-hydrogen) atoms. The molecule has 2 aromatic carbocycles. The number of benzene rings is 2. The highest BCUT2D eigenvalue weighted by molar-refractivity contribution is 6.05. The average Bonchev–Trinajstić information content (AvgIpc) is 2.67. The van der Waals surface area contributed by atoms with Gasteiger partial charge in [-0.1, -0.05) is 12.1 Å². The lowest BCUT2D eigenvalue weighted by Gasteiger charge is -2.35. The Morgan fingerprint density at radius 3 is 2.39 bits per heavy atom. The maximum Gasteiger partial charge on any atom is 0.293 e. The number of carbonyl (C=O) groups excluding carboxylic acids is 2. The summed E-state index contributed by atoms with van der Waals surface area (Å²) in [5, 5.41) is 14.4. The van der Waals surface area contributed by atoms with Crippen LogP contribution in [0.4, 0.5) is 17.1 Å². The van der Waals surface area contributed by atoms with E-state index in [0.29, 0.717) is 37.6 Å². The van der Waals surface area contributed by atoms with Crippen molar-refractivity contribution in [3.05, 3.63) is 63.7 Å². The lowest BCUT2D eigenvalue weighted by Crippen LogP contribution is -2.48. The molecule has 146 valence electrons. The fourth-order valence-electron chi connectivity index (χ4n) is 3.27. The number of carbonyl (C=O) groups is 2. The fourth-order valence-corrected chi connectivity index (χ4v) is 3.27. The Morgan fingerprint density at radius 2 is 1.79 bits per heavy atom. The molecule has 1 heterocycles. The number of nitro groups is 1. The highest BCUT2D eigenvalue weighted by atomic mass is 16.6. The van der Waals surface area contributed by atoms with Gasteiger partial charge in [-0.3, -0.25) is 19.7 Å². The topological polar surface area (TPSA) is 95.8 Å². The minimum absolute atomic E-state index is 0.00248. The third-order valence-corrected chi connectivity index (χ3v) is 4.78. The van der Waals surface area contributed by atoms with Crippen molar-refractivity contribution < 1.29 is 14.5 Å². The summed E-state index contributed by atoms with van der Waals surface area (Å²) in [7, 11) is 0. The second-order valence-corrected chi connectivity index (χ2v) is 6.78. The van der Waals surface area contributed by atoms with Crippen molar-refractivity contribution in [3.8, 4) is 0 Å². The second kappa shape index (κ2) is 8.08. The summed E-state index contributed by atoms with van der Waals surface area (Å²) in [4.78, 5) is 38.7. The van der Waals surface area contributed by atoms with Crippen molar-refractivity contribution in [2.45, 2.75) is 13.8 Å². The van der Waals surface area contributed by atoms with Gasteiger partial charge in [-0.05, 0) is 36.8 Å². The van der Waals surface area contributed by atoms with Crippen molar-refractivity contribution in [1.82, 2.24) is 4.90 Å². The van der Waals surface area contributed by atoms with Crippen LogP contribution in [0.2, 0.25) is 0 Å². The maximum atomic E-state index is 12.5. The van der Waals surface area contributed by atoms with Gasteiger partial charge < -0.3 is 15.1 Å². The van der Waals surface area contributed by atoms with Crippen molar-refractivity contribution in [2.75, 3.05) is 36.4 Å². The molecule has 0 atom stereocenters. The Kier molecular flexibility index (Phi) is 5.58. The first-order chi connectivity index (χ1) is 13.3. The first-order valence-corrected chi connectivity index (χ1v) is 9.02. The Balaban J connectivity index is 1.80. The van der Waals surface area contributed by atoms with E-state index in [2.05, 4.69) is 5.32 Å². The SMILES string of the molecule is CC(=O)N1CCN(c2ccc(C(=O)Nc3cccc(C)c3)cc2[N+](=O)[O-])CC1. The van der Waals surface area contributed by atoms with E-state index in [1.54, 1.807) is 23.1 Å². The first-order valence-electron chi connectivity index (χ1n) is 9.02. The van der Waals surface area contributed by atoms with E-state index >= 15 is 0 Å². The third kappa shape index (κ3) is 4.28. The van der Waals surface area contributed by atoms with Crippen LogP contribution in [-0.4, -0.2) is 47.8 Å².